The van der Waals surface area contributed by atoms with Crippen molar-refractivity contribution in [2.75, 3.05) is 18.0 Å². The van der Waals surface area contributed by atoms with Crippen LogP contribution in [0, 0.1) is 0 Å². The van der Waals surface area contributed by atoms with Crippen LogP contribution in [0.1, 0.15) is 19.4 Å². The van der Waals surface area contributed by atoms with Crippen LogP contribution in [-0.4, -0.2) is 28.0 Å². The molecule has 21 heavy (non-hydrogen) atoms. The van der Waals surface area contributed by atoms with Crippen LogP contribution in [-0.2, 0) is 6.61 Å². The van der Waals surface area contributed by atoms with Gasteiger partial charge in [-0.1, -0.05) is 23.7 Å². The summed E-state index contributed by atoms with van der Waals surface area (Å²) in [7, 11) is 0. The smallest absolute Gasteiger partial charge is 0.322 e. The van der Waals surface area contributed by atoms with Crippen molar-refractivity contribution in [3.05, 3.63) is 40.1 Å². The number of halogens is 2. The first-order valence-electron chi connectivity index (χ1n) is 6.66. The van der Waals surface area contributed by atoms with Gasteiger partial charge in [0.2, 0.25) is 11.2 Å². The molecule has 0 fully saturated rings. The standard InChI is InChI=1S/C14H16Cl2N4O/c1-3-20(4-2)13-17-12(16)18-14(19-13)21-9-10-5-7-11(15)8-6-10/h5-8H,3-4,9H2,1-2H3. The van der Waals surface area contributed by atoms with Gasteiger partial charge in [-0.25, -0.2) is 0 Å². The Kier molecular flexibility index (Phi) is 5.59. The van der Waals surface area contributed by atoms with E-state index in [1.807, 2.05) is 43.0 Å². The third-order valence-electron chi connectivity index (χ3n) is 2.90. The minimum Gasteiger partial charge on any atom is -0.458 e. The number of hydrogen-bond acceptors (Lipinski definition) is 5. The molecule has 1 heterocycles. The van der Waals surface area contributed by atoms with Crippen molar-refractivity contribution >= 4 is 29.2 Å². The molecule has 0 spiro atoms. The molecule has 0 N–H and O–H groups in total. The zero-order valence-corrected chi connectivity index (χ0v) is 13.4. The van der Waals surface area contributed by atoms with Crippen LogP contribution in [0.5, 0.6) is 6.01 Å². The van der Waals surface area contributed by atoms with E-state index in [2.05, 4.69) is 15.0 Å². The highest BCUT2D eigenvalue weighted by atomic mass is 35.5. The van der Waals surface area contributed by atoms with E-state index >= 15 is 0 Å². The summed E-state index contributed by atoms with van der Waals surface area (Å²) < 4.78 is 5.58. The predicted molar refractivity (Wildman–Crippen MR) is 84.2 cm³/mol. The van der Waals surface area contributed by atoms with Crippen molar-refractivity contribution in [1.29, 1.82) is 0 Å². The van der Waals surface area contributed by atoms with Gasteiger partial charge in [0, 0.05) is 18.1 Å². The van der Waals surface area contributed by atoms with Gasteiger partial charge in [-0.3, -0.25) is 0 Å². The third kappa shape index (κ3) is 4.44. The number of hydrogen-bond donors (Lipinski definition) is 0. The van der Waals surface area contributed by atoms with E-state index in [1.165, 1.54) is 0 Å². The minimum absolute atomic E-state index is 0.123. The van der Waals surface area contributed by atoms with Gasteiger partial charge in [0.05, 0.1) is 0 Å². The molecular formula is C14H16Cl2N4O. The van der Waals surface area contributed by atoms with Crippen molar-refractivity contribution in [2.24, 2.45) is 0 Å². The fraction of sp³-hybridized carbons (Fsp3) is 0.357. The van der Waals surface area contributed by atoms with Gasteiger partial charge in [-0.2, -0.15) is 15.0 Å². The second-order valence-corrected chi connectivity index (χ2v) is 5.05. The fourth-order valence-electron chi connectivity index (χ4n) is 1.76. The Morgan fingerprint density at radius 2 is 1.67 bits per heavy atom. The number of aromatic nitrogens is 3. The first-order chi connectivity index (χ1) is 10.1. The monoisotopic (exact) mass is 326 g/mol. The highest BCUT2D eigenvalue weighted by Gasteiger charge is 2.11. The molecule has 0 amide bonds. The molecule has 112 valence electrons. The molecule has 0 atom stereocenters. The maximum atomic E-state index is 5.92. The van der Waals surface area contributed by atoms with E-state index in [-0.39, 0.29) is 11.3 Å². The van der Waals surface area contributed by atoms with E-state index in [0.29, 0.717) is 17.6 Å². The molecule has 0 aliphatic carbocycles. The lowest BCUT2D eigenvalue weighted by molar-refractivity contribution is 0.280. The van der Waals surface area contributed by atoms with Crippen LogP contribution >= 0.6 is 23.2 Å². The Hall–Kier alpha value is -1.59. The summed E-state index contributed by atoms with van der Waals surface area (Å²) in [6, 6.07) is 7.60. The Balaban J connectivity index is 2.10. The quantitative estimate of drug-likeness (QED) is 0.811. The van der Waals surface area contributed by atoms with Gasteiger partial charge in [0.15, 0.2) is 0 Å². The van der Waals surface area contributed by atoms with Gasteiger partial charge < -0.3 is 9.64 Å². The number of anilines is 1. The summed E-state index contributed by atoms with van der Waals surface area (Å²) in [5.74, 6) is 0.520. The van der Waals surface area contributed by atoms with Crippen LogP contribution in [0.2, 0.25) is 10.3 Å². The van der Waals surface area contributed by atoms with E-state index < -0.39 is 0 Å². The predicted octanol–water partition coefficient (Wildman–Crippen LogP) is 3.60. The second kappa shape index (κ2) is 7.43. The summed E-state index contributed by atoms with van der Waals surface area (Å²) in [6.45, 7) is 5.96. The van der Waals surface area contributed by atoms with Gasteiger partial charge in [0.25, 0.3) is 0 Å². The number of rotatable bonds is 6. The van der Waals surface area contributed by atoms with Crippen molar-refractivity contribution in [1.82, 2.24) is 15.0 Å². The Labute approximate surface area is 133 Å². The summed E-state index contributed by atoms with van der Waals surface area (Å²) in [6.07, 6.45) is 0. The van der Waals surface area contributed by atoms with Crippen LogP contribution in [0.4, 0.5) is 5.95 Å². The summed E-state index contributed by atoms with van der Waals surface area (Å²) >= 11 is 11.8. The normalized spacial score (nSPS) is 10.5. The van der Waals surface area contributed by atoms with E-state index in [4.69, 9.17) is 27.9 Å². The Bertz CT molecular complexity index is 588. The number of nitrogens with zero attached hydrogens (tertiary/aromatic N) is 4. The molecule has 2 rings (SSSR count). The highest BCUT2D eigenvalue weighted by Crippen LogP contribution is 2.16. The molecule has 0 unspecified atom stereocenters. The molecular weight excluding hydrogens is 311 g/mol. The SMILES string of the molecule is CCN(CC)c1nc(Cl)nc(OCc2ccc(Cl)cc2)n1. The average molecular weight is 327 g/mol. The molecule has 1 aromatic carbocycles. The van der Waals surface area contributed by atoms with E-state index in [9.17, 15) is 0 Å². The lowest BCUT2D eigenvalue weighted by atomic mass is 10.2. The van der Waals surface area contributed by atoms with Crippen LogP contribution < -0.4 is 9.64 Å². The van der Waals surface area contributed by atoms with Gasteiger partial charge in [0.1, 0.15) is 6.61 Å². The highest BCUT2D eigenvalue weighted by molar-refractivity contribution is 6.30. The van der Waals surface area contributed by atoms with Crippen molar-refractivity contribution in [3.8, 4) is 6.01 Å². The molecule has 0 radical (unpaired) electrons. The molecule has 7 heteroatoms. The fourth-order valence-corrected chi connectivity index (χ4v) is 2.04. The molecule has 0 bridgehead atoms. The first-order valence-corrected chi connectivity index (χ1v) is 7.41. The van der Waals surface area contributed by atoms with Crippen molar-refractivity contribution in [2.45, 2.75) is 20.5 Å². The maximum Gasteiger partial charge on any atom is 0.322 e. The second-order valence-electron chi connectivity index (χ2n) is 4.27. The molecule has 0 aliphatic heterocycles. The van der Waals surface area contributed by atoms with Gasteiger partial charge in [-0.15, -0.1) is 0 Å². The van der Waals surface area contributed by atoms with Crippen molar-refractivity contribution < 1.29 is 4.74 Å². The first kappa shape index (κ1) is 15.8. The zero-order valence-electron chi connectivity index (χ0n) is 11.9. The van der Waals surface area contributed by atoms with Crippen LogP contribution in [0.25, 0.3) is 0 Å². The number of ether oxygens (including phenoxy) is 1. The van der Waals surface area contributed by atoms with E-state index in [0.717, 1.165) is 18.7 Å². The molecule has 0 saturated carbocycles. The minimum atomic E-state index is 0.123. The van der Waals surface area contributed by atoms with Gasteiger partial charge in [-0.05, 0) is 43.1 Å². The topological polar surface area (TPSA) is 51.1 Å². The summed E-state index contributed by atoms with van der Waals surface area (Å²) in [5, 5.41) is 0.809. The van der Waals surface area contributed by atoms with Gasteiger partial charge >= 0.3 is 6.01 Å². The third-order valence-corrected chi connectivity index (χ3v) is 3.32. The summed E-state index contributed by atoms with van der Waals surface area (Å²) in [5.41, 5.74) is 0.973. The average Bonchev–Trinajstić information content (AvgIpc) is 2.47. The summed E-state index contributed by atoms with van der Waals surface area (Å²) in [4.78, 5) is 14.4. The molecule has 1 aromatic heterocycles. The lowest BCUT2D eigenvalue weighted by Crippen LogP contribution is -2.24. The van der Waals surface area contributed by atoms with Crippen molar-refractivity contribution in [3.63, 3.8) is 0 Å². The maximum absolute atomic E-state index is 5.92. The lowest BCUT2D eigenvalue weighted by Gasteiger charge is -2.18. The van der Waals surface area contributed by atoms with Crippen LogP contribution in [0.3, 0.4) is 0 Å². The van der Waals surface area contributed by atoms with E-state index in [1.54, 1.807) is 0 Å². The molecule has 5 nitrogen and oxygen atoms in total. The largest absolute Gasteiger partial charge is 0.458 e. The van der Waals surface area contributed by atoms with Crippen LogP contribution in [0.15, 0.2) is 24.3 Å². The number of benzene rings is 1. The molecule has 0 saturated heterocycles. The molecule has 2 aromatic rings. The Morgan fingerprint density at radius 3 is 2.29 bits per heavy atom. The zero-order chi connectivity index (χ0) is 15.2. The molecule has 0 aliphatic rings. The Morgan fingerprint density at radius 1 is 1.00 bits per heavy atom.